The van der Waals surface area contributed by atoms with E-state index in [0.717, 1.165) is 13.0 Å². The van der Waals surface area contributed by atoms with Gasteiger partial charge in [-0.05, 0) is 25.7 Å². The molecule has 1 rings (SSSR count). The van der Waals surface area contributed by atoms with E-state index in [1.807, 2.05) is 20.8 Å². The molecule has 0 aromatic heterocycles. The van der Waals surface area contributed by atoms with Crippen molar-refractivity contribution >= 4 is 43.2 Å². The Morgan fingerprint density at radius 3 is 1.80 bits per heavy atom. The zero-order chi connectivity index (χ0) is 16.4. The van der Waals surface area contributed by atoms with Crippen molar-refractivity contribution in [1.29, 1.82) is 0 Å². The Morgan fingerprint density at radius 2 is 1.55 bits per heavy atom. The Hall–Kier alpha value is 0.890. The molecule has 5 heteroatoms. The van der Waals surface area contributed by atoms with Crippen LogP contribution in [0.3, 0.4) is 0 Å². The first kappa shape index (κ1) is 23.2. The largest absolute Gasteiger partial charge is 0.462 e. The molecule has 0 amide bonds. The summed E-state index contributed by atoms with van der Waals surface area (Å²) in [4.78, 5) is 11.4. The van der Waals surface area contributed by atoms with Gasteiger partial charge in [-0.2, -0.15) is 0 Å². The zero-order valence-corrected chi connectivity index (χ0v) is 18.2. The molecule has 0 aromatic rings. The molecule has 3 nitrogen and oxygen atoms in total. The predicted octanol–water partition coefficient (Wildman–Crippen LogP) is 5.58. The summed E-state index contributed by atoms with van der Waals surface area (Å²) < 4.78 is 9.99. The van der Waals surface area contributed by atoms with Crippen molar-refractivity contribution in [3.05, 3.63) is 0 Å². The van der Waals surface area contributed by atoms with Gasteiger partial charge in [0.05, 0.1) is 12.0 Å². The van der Waals surface area contributed by atoms with Crippen LogP contribution in [0.15, 0.2) is 0 Å². The van der Waals surface area contributed by atoms with Crippen molar-refractivity contribution in [2.24, 2.45) is 10.8 Å². The van der Waals surface area contributed by atoms with E-state index in [-0.39, 0.29) is 17.5 Å². The third kappa shape index (κ3) is 13.9. The Balaban J connectivity index is 0. The summed E-state index contributed by atoms with van der Waals surface area (Å²) in [6.45, 7) is 15.9. The molecule has 0 bridgehead atoms. The van der Waals surface area contributed by atoms with Crippen LogP contribution in [-0.2, 0) is 14.3 Å². The molecule has 0 aliphatic carbocycles. The number of halogens is 2. The lowest BCUT2D eigenvalue weighted by Crippen LogP contribution is -2.27. The second-order valence-electron chi connectivity index (χ2n) is 6.71. The van der Waals surface area contributed by atoms with E-state index in [4.69, 9.17) is 9.47 Å². The smallest absolute Gasteiger partial charge is 0.311 e. The Labute approximate surface area is 148 Å². The van der Waals surface area contributed by atoms with E-state index < -0.39 is 0 Å². The Bertz CT molecular complexity index is 256. The maximum Gasteiger partial charge on any atom is 0.311 e. The van der Waals surface area contributed by atoms with E-state index in [1.54, 1.807) is 0 Å². The van der Waals surface area contributed by atoms with E-state index >= 15 is 0 Å². The molecule has 1 saturated heterocycles. The molecule has 20 heavy (non-hydrogen) atoms. The van der Waals surface area contributed by atoms with Gasteiger partial charge in [0.15, 0.2) is 0 Å². The van der Waals surface area contributed by atoms with Gasteiger partial charge in [-0.25, -0.2) is 0 Å². The number of carbonyl (C=O) groups is 1. The van der Waals surface area contributed by atoms with Gasteiger partial charge in [0, 0.05) is 37.2 Å². The first-order valence-electron chi connectivity index (χ1n) is 7.05. The van der Waals surface area contributed by atoms with E-state index in [1.165, 1.54) is 6.42 Å². The van der Waals surface area contributed by atoms with Crippen LogP contribution in [-0.4, -0.2) is 25.3 Å². The highest BCUT2D eigenvalue weighted by Gasteiger charge is 2.30. The van der Waals surface area contributed by atoms with Gasteiger partial charge < -0.3 is 9.47 Å². The predicted molar refractivity (Wildman–Crippen MR) is 103 cm³/mol. The highest BCUT2D eigenvalue weighted by atomic mass is 128. The lowest BCUT2D eigenvalue weighted by atomic mass is 9.91. The van der Waals surface area contributed by atoms with Crippen LogP contribution in [0.5, 0.6) is 0 Å². The van der Waals surface area contributed by atoms with Crippen LogP contribution >= 0.6 is 37.2 Å². The number of carbonyl (C=O) groups excluding carboxylic acids is 1. The standard InChI is InChI=1S/C9H16O3.C6H14.I2/c1-4-9(2,3)8(10)12-6-7-5-11-7;1-5-6(2,3)4;1-2/h7H,4-6H2,1-3H3;5H2,1-4H3;. The SMILES string of the molecule is CCC(C)(C)C.CCC(C)(C)C(=O)OCC1CO1.II. The summed E-state index contributed by atoms with van der Waals surface area (Å²) in [6.07, 6.45) is 2.24. The quantitative estimate of drug-likeness (QED) is 0.281. The van der Waals surface area contributed by atoms with Gasteiger partial charge in [-0.3, -0.25) is 4.79 Å². The molecule has 0 N–H and O–H groups in total. The number of rotatable bonds is 4. The summed E-state index contributed by atoms with van der Waals surface area (Å²) >= 11 is 4.24. The minimum absolute atomic E-state index is 0.125. The van der Waals surface area contributed by atoms with E-state index in [2.05, 4.69) is 64.9 Å². The minimum atomic E-state index is -0.352. The van der Waals surface area contributed by atoms with Crippen LogP contribution in [0.25, 0.3) is 0 Å². The van der Waals surface area contributed by atoms with Crippen molar-refractivity contribution in [2.75, 3.05) is 13.2 Å². The monoisotopic (exact) mass is 512 g/mol. The van der Waals surface area contributed by atoms with Crippen LogP contribution in [0.4, 0.5) is 0 Å². The molecule has 0 spiro atoms. The van der Waals surface area contributed by atoms with Crippen molar-refractivity contribution in [1.82, 2.24) is 0 Å². The van der Waals surface area contributed by atoms with Crippen molar-refractivity contribution in [3.63, 3.8) is 0 Å². The van der Waals surface area contributed by atoms with Crippen LogP contribution in [0.1, 0.15) is 61.3 Å². The summed E-state index contributed by atoms with van der Waals surface area (Å²) in [5.74, 6) is -0.125. The minimum Gasteiger partial charge on any atom is -0.462 e. The molecular formula is C15H30I2O3. The van der Waals surface area contributed by atoms with Crippen LogP contribution in [0, 0.1) is 10.8 Å². The fraction of sp³-hybridized carbons (Fsp3) is 0.933. The average Bonchev–Trinajstić information content (AvgIpc) is 3.22. The molecule has 1 heterocycles. The van der Waals surface area contributed by atoms with Crippen molar-refractivity contribution in [3.8, 4) is 0 Å². The van der Waals surface area contributed by atoms with E-state index in [0.29, 0.717) is 12.0 Å². The van der Waals surface area contributed by atoms with Gasteiger partial charge in [0.25, 0.3) is 0 Å². The van der Waals surface area contributed by atoms with Gasteiger partial charge in [-0.1, -0.05) is 41.0 Å². The molecule has 0 radical (unpaired) electrons. The first-order valence-corrected chi connectivity index (χ1v) is 13.3. The second kappa shape index (κ2) is 11.5. The van der Waals surface area contributed by atoms with Crippen LogP contribution in [0.2, 0.25) is 0 Å². The number of hydrogen-bond donors (Lipinski definition) is 0. The molecule has 122 valence electrons. The second-order valence-corrected chi connectivity index (χ2v) is 6.71. The maximum absolute atomic E-state index is 11.4. The lowest BCUT2D eigenvalue weighted by Gasteiger charge is -2.19. The number of hydrogen-bond acceptors (Lipinski definition) is 3. The summed E-state index contributed by atoms with van der Waals surface area (Å²) in [5, 5.41) is 0. The number of esters is 1. The Kier molecular flexibility index (Phi) is 13.3. The van der Waals surface area contributed by atoms with Gasteiger partial charge in [0.2, 0.25) is 0 Å². The van der Waals surface area contributed by atoms with E-state index in [9.17, 15) is 4.79 Å². The average molecular weight is 512 g/mol. The molecule has 1 aliphatic rings. The molecule has 1 atom stereocenters. The maximum atomic E-state index is 11.4. The summed E-state index contributed by atoms with van der Waals surface area (Å²) in [7, 11) is 0. The zero-order valence-electron chi connectivity index (χ0n) is 13.9. The first-order chi connectivity index (χ1) is 9.12. The molecule has 1 aliphatic heterocycles. The fourth-order valence-corrected chi connectivity index (χ4v) is 0.673. The number of ether oxygens (including phenoxy) is 2. The fourth-order valence-electron chi connectivity index (χ4n) is 0.673. The van der Waals surface area contributed by atoms with Gasteiger partial charge in [0.1, 0.15) is 12.7 Å². The lowest BCUT2D eigenvalue weighted by molar-refractivity contribution is -0.154. The summed E-state index contributed by atoms with van der Waals surface area (Å²) in [6, 6.07) is 0. The van der Waals surface area contributed by atoms with Crippen molar-refractivity contribution in [2.45, 2.75) is 67.4 Å². The summed E-state index contributed by atoms with van der Waals surface area (Å²) in [5.41, 5.74) is 0.189. The molecule has 1 unspecified atom stereocenters. The third-order valence-corrected chi connectivity index (χ3v) is 3.30. The molecule has 1 fully saturated rings. The van der Waals surface area contributed by atoms with Gasteiger partial charge in [-0.15, -0.1) is 0 Å². The molecule has 0 saturated carbocycles. The highest BCUT2D eigenvalue weighted by Crippen LogP contribution is 2.22. The van der Waals surface area contributed by atoms with Gasteiger partial charge >= 0.3 is 5.97 Å². The van der Waals surface area contributed by atoms with Crippen molar-refractivity contribution < 1.29 is 14.3 Å². The normalized spacial score (nSPS) is 17.1. The number of epoxide rings is 1. The van der Waals surface area contributed by atoms with Crippen LogP contribution < -0.4 is 0 Å². The topological polar surface area (TPSA) is 38.8 Å². The third-order valence-electron chi connectivity index (χ3n) is 3.30. The highest BCUT2D eigenvalue weighted by molar-refractivity contribution is 15.0. The molecular weight excluding hydrogens is 482 g/mol. The molecule has 0 aromatic carbocycles. The Morgan fingerprint density at radius 1 is 1.15 bits per heavy atom.